The Morgan fingerprint density at radius 2 is 1.92 bits per heavy atom. The third-order valence-electron chi connectivity index (χ3n) is 3.49. The number of hydrogen-bond acceptors (Lipinski definition) is 6. The highest BCUT2D eigenvalue weighted by Crippen LogP contribution is 2.19. The lowest BCUT2D eigenvalue weighted by Gasteiger charge is -2.08. The predicted molar refractivity (Wildman–Crippen MR) is 98.3 cm³/mol. The number of pyridine rings is 1. The minimum atomic E-state index is -0.284. The Hall–Kier alpha value is -3.48. The SMILES string of the molecule is CCOc1ccc(Nc2cc(C(=O)NCc3ccccn3)ncn2)cc1. The number of rotatable bonds is 7. The van der Waals surface area contributed by atoms with Crippen LogP contribution in [-0.2, 0) is 6.54 Å². The molecule has 132 valence electrons. The van der Waals surface area contributed by atoms with E-state index in [0.717, 1.165) is 17.1 Å². The fourth-order valence-corrected chi connectivity index (χ4v) is 2.26. The minimum absolute atomic E-state index is 0.282. The fraction of sp³-hybridized carbons (Fsp3) is 0.158. The Bertz CT molecular complexity index is 853. The van der Waals surface area contributed by atoms with Crippen molar-refractivity contribution in [1.82, 2.24) is 20.3 Å². The highest BCUT2D eigenvalue weighted by molar-refractivity contribution is 5.92. The second-order valence-electron chi connectivity index (χ2n) is 5.37. The molecule has 0 saturated heterocycles. The van der Waals surface area contributed by atoms with Crippen molar-refractivity contribution in [2.75, 3.05) is 11.9 Å². The van der Waals surface area contributed by atoms with Crippen LogP contribution in [0.4, 0.5) is 11.5 Å². The van der Waals surface area contributed by atoms with Crippen LogP contribution in [0.3, 0.4) is 0 Å². The van der Waals surface area contributed by atoms with Gasteiger partial charge in [0.2, 0.25) is 0 Å². The van der Waals surface area contributed by atoms with Crippen molar-refractivity contribution in [3.63, 3.8) is 0 Å². The van der Waals surface area contributed by atoms with Crippen molar-refractivity contribution in [3.8, 4) is 5.75 Å². The van der Waals surface area contributed by atoms with E-state index in [0.29, 0.717) is 19.0 Å². The number of carbonyl (C=O) groups excluding carboxylic acids is 1. The van der Waals surface area contributed by atoms with Crippen molar-refractivity contribution in [3.05, 3.63) is 72.4 Å². The average Bonchev–Trinajstić information content (AvgIpc) is 2.69. The van der Waals surface area contributed by atoms with Gasteiger partial charge in [0.15, 0.2) is 0 Å². The first kappa shape index (κ1) is 17.3. The molecule has 7 heteroatoms. The third-order valence-corrected chi connectivity index (χ3v) is 3.49. The lowest BCUT2D eigenvalue weighted by molar-refractivity contribution is 0.0945. The van der Waals surface area contributed by atoms with E-state index in [4.69, 9.17) is 4.74 Å². The van der Waals surface area contributed by atoms with Crippen LogP contribution in [0.5, 0.6) is 5.75 Å². The number of carbonyl (C=O) groups is 1. The van der Waals surface area contributed by atoms with Gasteiger partial charge in [-0.25, -0.2) is 9.97 Å². The molecule has 3 aromatic rings. The van der Waals surface area contributed by atoms with Gasteiger partial charge in [-0.3, -0.25) is 9.78 Å². The third kappa shape index (κ3) is 4.76. The summed E-state index contributed by atoms with van der Waals surface area (Å²) >= 11 is 0. The molecule has 0 aliphatic rings. The van der Waals surface area contributed by atoms with E-state index in [1.165, 1.54) is 6.33 Å². The number of nitrogens with zero attached hydrogens (tertiary/aromatic N) is 3. The molecule has 2 heterocycles. The van der Waals surface area contributed by atoms with Gasteiger partial charge in [-0.15, -0.1) is 0 Å². The quantitative estimate of drug-likeness (QED) is 0.682. The molecule has 2 N–H and O–H groups in total. The lowest BCUT2D eigenvalue weighted by Crippen LogP contribution is -2.24. The number of ether oxygens (including phenoxy) is 1. The lowest BCUT2D eigenvalue weighted by atomic mass is 10.3. The van der Waals surface area contributed by atoms with E-state index < -0.39 is 0 Å². The first-order valence-electron chi connectivity index (χ1n) is 8.24. The summed E-state index contributed by atoms with van der Waals surface area (Å²) in [6, 6.07) is 14.7. The van der Waals surface area contributed by atoms with E-state index in [2.05, 4.69) is 25.6 Å². The van der Waals surface area contributed by atoms with Gasteiger partial charge in [0.1, 0.15) is 23.6 Å². The van der Waals surface area contributed by atoms with Gasteiger partial charge in [-0.05, 0) is 43.3 Å². The van der Waals surface area contributed by atoms with E-state index in [1.54, 1.807) is 12.3 Å². The van der Waals surface area contributed by atoms with E-state index in [1.807, 2.05) is 49.4 Å². The van der Waals surface area contributed by atoms with Crippen molar-refractivity contribution < 1.29 is 9.53 Å². The summed E-state index contributed by atoms with van der Waals surface area (Å²) in [6.45, 7) is 2.90. The van der Waals surface area contributed by atoms with Crippen LogP contribution in [0.2, 0.25) is 0 Å². The van der Waals surface area contributed by atoms with Crippen LogP contribution in [0.1, 0.15) is 23.1 Å². The Morgan fingerprint density at radius 3 is 2.65 bits per heavy atom. The zero-order valence-corrected chi connectivity index (χ0v) is 14.3. The molecule has 3 rings (SSSR count). The molecule has 0 aliphatic carbocycles. The largest absolute Gasteiger partial charge is 0.494 e. The molecule has 0 spiro atoms. The summed E-state index contributed by atoms with van der Waals surface area (Å²) in [4.78, 5) is 24.6. The summed E-state index contributed by atoms with van der Waals surface area (Å²) in [5, 5.41) is 5.94. The van der Waals surface area contributed by atoms with Crippen LogP contribution >= 0.6 is 0 Å². The summed E-state index contributed by atoms with van der Waals surface area (Å²) in [5.74, 6) is 1.05. The van der Waals surface area contributed by atoms with Crippen LogP contribution < -0.4 is 15.4 Å². The molecule has 0 fully saturated rings. The number of hydrogen-bond donors (Lipinski definition) is 2. The molecule has 26 heavy (non-hydrogen) atoms. The topological polar surface area (TPSA) is 89.0 Å². The number of anilines is 2. The molecule has 2 aromatic heterocycles. The van der Waals surface area contributed by atoms with Crippen molar-refractivity contribution >= 4 is 17.4 Å². The van der Waals surface area contributed by atoms with Gasteiger partial charge < -0.3 is 15.4 Å². The van der Waals surface area contributed by atoms with Gasteiger partial charge in [-0.1, -0.05) is 6.07 Å². The molecule has 7 nitrogen and oxygen atoms in total. The van der Waals surface area contributed by atoms with Gasteiger partial charge in [-0.2, -0.15) is 0 Å². The zero-order valence-electron chi connectivity index (χ0n) is 14.3. The standard InChI is InChI=1S/C19H19N5O2/c1-2-26-16-8-6-14(7-9-16)24-18-11-17(22-13-23-18)19(25)21-12-15-5-3-4-10-20-15/h3-11,13H,2,12H2,1H3,(H,21,25)(H,22,23,24). The maximum atomic E-state index is 12.3. The fourth-order valence-electron chi connectivity index (χ4n) is 2.26. The number of benzene rings is 1. The van der Waals surface area contributed by atoms with Gasteiger partial charge in [0.25, 0.3) is 5.91 Å². The van der Waals surface area contributed by atoms with Crippen LogP contribution in [0, 0.1) is 0 Å². The maximum absolute atomic E-state index is 12.3. The molecule has 0 radical (unpaired) electrons. The van der Waals surface area contributed by atoms with E-state index in [-0.39, 0.29) is 11.6 Å². The van der Waals surface area contributed by atoms with Crippen LogP contribution in [0.25, 0.3) is 0 Å². The Morgan fingerprint density at radius 1 is 1.08 bits per heavy atom. The molecule has 0 aliphatic heterocycles. The Balaban J connectivity index is 1.62. The van der Waals surface area contributed by atoms with Crippen molar-refractivity contribution in [1.29, 1.82) is 0 Å². The summed E-state index contributed by atoms with van der Waals surface area (Å²) < 4.78 is 5.41. The molecule has 1 amide bonds. The predicted octanol–water partition coefficient (Wildman–Crippen LogP) is 2.94. The summed E-state index contributed by atoms with van der Waals surface area (Å²) in [5.41, 5.74) is 1.90. The molecule has 0 saturated carbocycles. The first-order chi connectivity index (χ1) is 12.7. The van der Waals surface area contributed by atoms with Crippen LogP contribution in [-0.4, -0.2) is 27.5 Å². The van der Waals surface area contributed by atoms with Crippen LogP contribution in [0.15, 0.2) is 61.1 Å². The van der Waals surface area contributed by atoms with E-state index in [9.17, 15) is 4.79 Å². The van der Waals surface area contributed by atoms with Gasteiger partial charge in [0.05, 0.1) is 18.8 Å². The smallest absolute Gasteiger partial charge is 0.270 e. The van der Waals surface area contributed by atoms with Crippen molar-refractivity contribution in [2.45, 2.75) is 13.5 Å². The van der Waals surface area contributed by atoms with E-state index >= 15 is 0 Å². The molecule has 0 unspecified atom stereocenters. The number of aromatic nitrogens is 3. The highest BCUT2D eigenvalue weighted by Gasteiger charge is 2.09. The number of nitrogens with one attached hydrogen (secondary N) is 2. The molecule has 0 bridgehead atoms. The Kier molecular flexibility index (Phi) is 5.72. The second kappa shape index (κ2) is 8.57. The highest BCUT2D eigenvalue weighted by atomic mass is 16.5. The average molecular weight is 349 g/mol. The first-order valence-corrected chi connectivity index (χ1v) is 8.24. The normalized spacial score (nSPS) is 10.2. The minimum Gasteiger partial charge on any atom is -0.494 e. The monoisotopic (exact) mass is 349 g/mol. The molecular formula is C19H19N5O2. The zero-order chi connectivity index (χ0) is 18.2. The van der Waals surface area contributed by atoms with Gasteiger partial charge >= 0.3 is 0 Å². The maximum Gasteiger partial charge on any atom is 0.270 e. The second-order valence-corrected chi connectivity index (χ2v) is 5.37. The Labute approximate surface area is 151 Å². The summed E-state index contributed by atoms with van der Waals surface area (Å²) in [6.07, 6.45) is 3.04. The summed E-state index contributed by atoms with van der Waals surface area (Å²) in [7, 11) is 0. The number of amides is 1. The molecule has 0 atom stereocenters. The van der Waals surface area contributed by atoms with Crippen molar-refractivity contribution in [2.24, 2.45) is 0 Å². The molecule has 1 aromatic carbocycles. The molecular weight excluding hydrogens is 330 g/mol. The van der Waals surface area contributed by atoms with Gasteiger partial charge in [0, 0.05) is 18.0 Å².